The number of azo groups is 1. The Morgan fingerprint density at radius 2 is 2.08 bits per heavy atom. The summed E-state index contributed by atoms with van der Waals surface area (Å²) in [4.78, 5) is 23.6. The van der Waals surface area contributed by atoms with E-state index in [2.05, 4.69) is 10.2 Å². The second kappa shape index (κ2) is 8.07. The average Bonchev–Trinajstić information content (AvgIpc) is 2.62. The van der Waals surface area contributed by atoms with E-state index in [1.54, 1.807) is 6.07 Å². The summed E-state index contributed by atoms with van der Waals surface area (Å²) < 4.78 is 1.11. The molecule has 1 heterocycles. The number of hydrogen-bond acceptors (Lipinski definition) is 6. The molecular formula is C18H18N4O4. The van der Waals surface area contributed by atoms with Crippen molar-refractivity contribution in [3.63, 3.8) is 0 Å². The van der Waals surface area contributed by atoms with Crippen LogP contribution in [0.3, 0.4) is 0 Å². The number of carbonyl (C=O) groups is 1. The number of aromatic hydroxyl groups is 1. The van der Waals surface area contributed by atoms with Crippen LogP contribution in [-0.2, 0) is 6.54 Å². The Balaban J connectivity index is 2.55. The van der Waals surface area contributed by atoms with Crippen LogP contribution in [0, 0.1) is 18.3 Å². The average molecular weight is 354 g/mol. The van der Waals surface area contributed by atoms with E-state index in [1.807, 2.05) is 13.0 Å². The number of benzene rings is 1. The van der Waals surface area contributed by atoms with E-state index < -0.39 is 11.5 Å². The Morgan fingerprint density at radius 3 is 2.69 bits per heavy atom. The molecule has 0 bridgehead atoms. The van der Waals surface area contributed by atoms with E-state index >= 15 is 0 Å². The van der Waals surface area contributed by atoms with Crippen LogP contribution in [-0.4, -0.2) is 20.7 Å². The fourth-order valence-electron chi connectivity index (χ4n) is 2.39. The Morgan fingerprint density at radius 1 is 1.35 bits per heavy atom. The van der Waals surface area contributed by atoms with E-state index in [-0.39, 0.29) is 40.5 Å². The molecule has 1 aromatic heterocycles. The van der Waals surface area contributed by atoms with Gasteiger partial charge in [0.25, 0.3) is 5.56 Å². The lowest BCUT2D eigenvalue weighted by atomic mass is 10.1. The summed E-state index contributed by atoms with van der Waals surface area (Å²) in [7, 11) is 0. The summed E-state index contributed by atoms with van der Waals surface area (Å²) in [6.45, 7) is 3.70. The van der Waals surface area contributed by atoms with E-state index in [9.17, 15) is 20.0 Å². The molecule has 1 aromatic carbocycles. The molecule has 0 saturated carbocycles. The molecular weight excluding hydrogens is 336 g/mol. The molecule has 0 aliphatic carbocycles. The van der Waals surface area contributed by atoms with Crippen molar-refractivity contribution in [2.24, 2.45) is 10.2 Å². The van der Waals surface area contributed by atoms with Crippen molar-refractivity contribution in [2.75, 3.05) is 0 Å². The zero-order valence-corrected chi connectivity index (χ0v) is 14.4. The van der Waals surface area contributed by atoms with Gasteiger partial charge in [-0.05, 0) is 31.5 Å². The number of aromatic nitrogens is 1. The zero-order chi connectivity index (χ0) is 19.3. The van der Waals surface area contributed by atoms with Gasteiger partial charge in [-0.15, -0.1) is 5.11 Å². The lowest BCUT2D eigenvalue weighted by Gasteiger charge is -2.12. The minimum Gasteiger partial charge on any atom is -0.493 e. The molecule has 0 spiro atoms. The van der Waals surface area contributed by atoms with Crippen LogP contribution in [0.1, 0.15) is 41.3 Å². The van der Waals surface area contributed by atoms with Gasteiger partial charge in [0.2, 0.25) is 5.88 Å². The SMILES string of the molecule is CCCCn1c(O)c(C#N)c(C)c(N=Nc2cccc(C(=O)O)c2)c1=O. The Bertz CT molecular complexity index is 970. The van der Waals surface area contributed by atoms with Gasteiger partial charge in [0.15, 0.2) is 5.69 Å². The fourth-order valence-corrected chi connectivity index (χ4v) is 2.39. The lowest BCUT2D eigenvalue weighted by molar-refractivity contribution is 0.0697. The van der Waals surface area contributed by atoms with Gasteiger partial charge in [-0.25, -0.2) is 4.79 Å². The van der Waals surface area contributed by atoms with Gasteiger partial charge in [-0.3, -0.25) is 9.36 Å². The van der Waals surface area contributed by atoms with Gasteiger partial charge in [0, 0.05) is 12.1 Å². The molecule has 2 aromatic rings. The third kappa shape index (κ3) is 3.78. The molecule has 26 heavy (non-hydrogen) atoms. The first-order chi connectivity index (χ1) is 12.4. The quantitative estimate of drug-likeness (QED) is 0.765. The van der Waals surface area contributed by atoms with Crippen LogP contribution in [0.5, 0.6) is 5.88 Å². The van der Waals surface area contributed by atoms with Crippen molar-refractivity contribution in [3.8, 4) is 11.9 Å². The number of nitrogens with zero attached hydrogens (tertiary/aromatic N) is 4. The smallest absolute Gasteiger partial charge is 0.335 e. The van der Waals surface area contributed by atoms with Gasteiger partial charge < -0.3 is 10.2 Å². The highest BCUT2D eigenvalue weighted by atomic mass is 16.4. The van der Waals surface area contributed by atoms with Crippen molar-refractivity contribution in [1.29, 1.82) is 5.26 Å². The molecule has 134 valence electrons. The van der Waals surface area contributed by atoms with E-state index in [4.69, 9.17) is 5.11 Å². The van der Waals surface area contributed by atoms with E-state index in [1.165, 1.54) is 25.1 Å². The molecule has 0 aliphatic rings. The van der Waals surface area contributed by atoms with Crippen LogP contribution >= 0.6 is 0 Å². The summed E-state index contributed by atoms with van der Waals surface area (Å²) in [6, 6.07) is 7.68. The monoisotopic (exact) mass is 354 g/mol. The number of rotatable bonds is 6. The molecule has 0 saturated heterocycles. The van der Waals surface area contributed by atoms with Crippen LogP contribution in [0.4, 0.5) is 11.4 Å². The maximum Gasteiger partial charge on any atom is 0.335 e. The highest BCUT2D eigenvalue weighted by Gasteiger charge is 2.18. The first-order valence-corrected chi connectivity index (χ1v) is 8.02. The third-order valence-electron chi connectivity index (χ3n) is 3.86. The first kappa shape index (κ1) is 18.9. The fraction of sp³-hybridized carbons (Fsp3) is 0.278. The Hall–Kier alpha value is -3.47. The number of unbranched alkanes of at least 4 members (excludes halogenated alkanes) is 1. The molecule has 2 N–H and O–H groups in total. The molecule has 8 heteroatoms. The van der Waals surface area contributed by atoms with Crippen LogP contribution in [0.15, 0.2) is 39.3 Å². The van der Waals surface area contributed by atoms with Crippen molar-refractivity contribution in [1.82, 2.24) is 4.57 Å². The predicted molar refractivity (Wildman–Crippen MR) is 94.3 cm³/mol. The standard InChI is InChI=1S/C18H18N4O4/c1-3-4-8-22-16(23)14(10-19)11(2)15(17(22)24)21-20-13-7-5-6-12(9-13)18(25)26/h5-7,9,23H,3-4,8H2,1-2H3,(H,25,26). The largest absolute Gasteiger partial charge is 0.493 e. The molecule has 0 unspecified atom stereocenters. The molecule has 8 nitrogen and oxygen atoms in total. The first-order valence-electron chi connectivity index (χ1n) is 8.02. The van der Waals surface area contributed by atoms with Gasteiger partial charge in [-0.1, -0.05) is 19.4 Å². The molecule has 0 fully saturated rings. The third-order valence-corrected chi connectivity index (χ3v) is 3.86. The Labute approximate surface area is 149 Å². The summed E-state index contributed by atoms with van der Waals surface area (Å²) in [6.07, 6.45) is 1.46. The number of carboxylic acid groups (broad SMARTS) is 1. The molecule has 0 radical (unpaired) electrons. The molecule has 2 rings (SSSR count). The number of pyridine rings is 1. The molecule has 0 amide bonds. The molecule has 0 atom stereocenters. The van der Waals surface area contributed by atoms with Crippen LogP contribution in [0.2, 0.25) is 0 Å². The summed E-state index contributed by atoms with van der Waals surface area (Å²) in [5.74, 6) is -1.48. The minimum absolute atomic E-state index is 0.0334. The second-order valence-electron chi connectivity index (χ2n) is 5.65. The number of nitriles is 1. The van der Waals surface area contributed by atoms with Gasteiger partial charge in [-0.2, -0.15) is 10.4 Å². The second-order valence-corrected chi connectivity index (χ2v) is 5.65. The summed E-state index contributed by atoms with van der Waals surface area (Å²) >= 11 is 0. The van der Waals surface area contributed by atoms with Crippen molar-refractivity contribution < 1.29 is 15.0 Å². The number of hydrogen-bond donors (Lipinski definition) is 2. The van der Waals surface area contributed by atoms with Gasteiger partial charge >= 0.3 is 5.97 Å². The van der Waals surface area contributed by atoms with Crippen molar-refractivity contribution in [2.45, 2.75) is 33.2 Å². The predicted octanol–water partition coefficient (Wildman–Crippen LogP) is 3.65. The van der Waals surface area contributed by atoms with E-state index in [0.717, 1.165) is 11.0 Å². The van der Waals surface area contributed by atoms with Crippen LogP contribution in [0.25, 0.3) is 0 Å². The Kier molecular flexibility index (Phi) is 5.86. The zero-order valence-electron chi connectivity index (χ0n) is 14.4. The minimum atomic E-state index is -1.10. The number of carboxylic acids is 1. The van der Waals surface area contributed by atoms with Crippen molar-refractivity contribution in [3.05, 3.63) is 51.3 Å². The topological polar surface area (TPSA) is 128 Å². The van der Waals surface area contributed by atoms with Gasteiger partial charge in [0.1, 0.15) is 11.6 Å². The van der Waals surface area contributed by atoms with Crippen LogP contribution < -0.4 is 5.56 Å². The van der Waals surface area contributed by atoms with Crippen molar-refractivity contribution >= 4 is 17.3 Å². The molecule has 0 aliphatic heterocycles. The lowest BCUT2D eigenvalue weighted by Crippen LogP contribution is -2.22. The highest BCUT2D eigenvalue weighted by molar-refractivity contribution is 5.88. The summed E-state index contributed by atoms with van der Waals surface area (Å²) in [5.41, 5.74) is -0.117. The van der Waals surface area contributed by atoms with E-state index in [0.29, 0.717) is 6.42 Å². The highest BCUT2D eigenvalue weighted by Crippen LogP contribution is 2.27. The normalized spacial score (nSPS) is 10.8. The number of aromatic carboxylic acids is 1. The maximum atomic E-state index is 12.6. The van der Waals surface area contributed by atoms with Gasteiger partial charge in [0.05, 0.1) is 11.3 Å². The maximum absolute atomic E-state index is 12.6. The summed E-state index contributed by atoms with van der Waals surface area (Å²) in [5, 5.41) is 36.3.